The van der Waals surface area contributed by atoms with Crippen LogP contribution in [0.15, 0.2) is 35.2 Å². The molecule has 0 unspecified atom stereocenters. The molecule has 8 heteroatoms. The van der Waals surface area contributed by atoms with Crippen molar-refractivity contribution >= 4 is 10.0 Å². The molecule has 0 fully saturated rings. The minimum absolute atomic E-state index is 0.214. The molecule has 154 valence electrons. The van der Waals surface area contributed by atoms with Gasteiger partial charge in [-0.2, -0.15) is 4.31 Å². The van der Waals surface area contributed by atoms with E-state index in [2.05, 4.69) is 0 Å². The van der Waals surface area contributed by atoms with Gasteiger partial charge in [0.05, 0.1) is 18.1 Å². The van der Waals surface area contributed by atoms with Gasteiger partial charge in [-0.25, -0.2) is 8.42 Å². The van der Waals surface area contributed by atoms with Crippen LogP contribution in [0, 0.1) is 0 Å². The van der Waals surface area contributed by atoms with Crippen molar-refractivity contribution in [1.29, 1.82) is 0 Å². The third-order valence-electron chi connectivity index (χ3n) is 5.61. The molecule has 2 aromatic carbocycles. The minimum atomic E-state index is -3.69. The summed E-state index contributed by atoms with van der Waals surface area (Å²) >= 11 is 0. The average molecular weight is 417 g/mol. The predicted octanol–water partition coefficient (Wildman–Crippen LogP) is 2.93. The Morgan fingerprint density at radius 2 is 1.52 bits per heavy atom. The van der Waals surface area contributed by atoms with Gasteiger partial charge in [-0.3, -0.25) is 0 Å². The van der Waals surface area contributed by atoms with Crippen LogP contribution in [-0.2, 0) is 16.4 Å². The Balaban J connectivity index is 1.49. The first-order valence-corrected chi connectivity index (χ1v) is 11.3. The number of benzene rings is 2. The van der Waals surface area contributed by atoms with Crippen molar-refractivity contribution in [2.75, 3.05) is 33.0 Å². The Morgan fingerprint density at radius 3 is 2.31 bits per heavy atom. The summed E-state index contributed by atoms with van der Waals surface area (Å²) in [5, 5.41) is 0. The molecule has 5 rings (SSSR count). The van der Waals surface area contributed by atoms with Gasteiger partial charge in [0, 0.05) is 25.1 Å². The van der Waals surface area contributed by atoms with Gasteiger partial charge in [-0.15, -0.1) is 0 Å². The van der Waals surface area contributed by atoms with Crippen LogP contribution >= 0.6 is 0 Å². The standard InChI is InChI=1S/C21H23NO6S/c1-14-17-13-21-19(25-7-2-8-26-21)11-15(17)5-6-22(14)29(23,24)16-3-4-18-20(12-16)28-10-9-27-18/h3-4,11-14H,2,5-10H2,1H3/t14-/m0/s1. The number of ether oxygens (including phenoxy) is 4. The summed E-state index contributed by atoms with van der Waals surface area (Å²) in [6, 6.07) is 8.43. The van der Waals surface area contributed by atoms with Crippen LogP contribution in [0.2, 0.25) is 0 Å². The number of hydrogen-bond acceptors (Lipinski definition) is 6. The largest absolute Gasteiger partial charge is 0.490 e. The zero-order valence-corrected chi connectivity index (χ0v) is 17.0. The van der Waals surface area contributed by atoms with Gasteiger partial charge in [-0.05, 0) is 48.7 Å². The van der Waals surface area contributed by atoms with Crippen molar-refractivity contribution in [2.24, 2.45) is 0 Å². The molecule has 3 heterocycles. The third-order valence-corrected chi connectivity index (χ3v) is 7.58. The molecule has 3 aliphatic heterocycles. The maximum Gasteiger partial charge on any atom is 0.243 e. The van der Waals surface area contributed by atoms with E-state index >= 15 is 0 Å². The molecule has 2 aromatic rings. The van der Waals surface area contributed by atoms with Crippen molar-refractivity contribution in [2.45, 2.75) is 30.7 Å². The Hall–Kier alpha value is -2.45. The lowest BCUT2D eigenvalue weighted by molar-refractivity contribution is 0.171. The molecule has 3 aliphatic rings. The Bertz CT molecular complexity index is 1050. The second-order valence-corrected chi connectivity index (χ2v) is 9.29. The van der Waals surface area contributed by atoms with E-state index in [1.807, 2.05) is 19.1 Å². The van der Waals surface area contributed by atoms with Crippen LogP contribution in [-0.4, -0.2) is 45.7 Å². The normalized spacial score (nSPS) is 21.2. The van der Waals surface area contributed by atoms with Crippen LogP contribution < -0.4 is 18.9 Å². The quantitative estimate of drug-likeness (QED) is 0.748. The molecule has 0 aliphatic carbocycles. The maximum absolute atomic E-state index is 13.4. The second kappa shape index (κ2) is 7.11. The third kappa shape index (κ3) is 3.20. The van der Waals surface area contributed by atoms with Crippen LogP contribution in [0.3, 0.4) is 0 Å². The highest BCUT2D eigenvalue weighted by atomic mass is 32.2. The van der Waals surface area contributed by atoms with E-state index in [1.54, 1.807) is 22.5 Å². The zero-order valence-electron chi connectivity index (χ0n) is 16.2. The molecule has 0 aromatic heterocycles. The Morgan fingerprint density at radius 1 is 0.862 bits per heavy atom. The van der Waals surface area contributed by atoms with E-state index in [4.69, 9.17) is 18.9 Å². The average Bonchev–Trinajstić information content (AvgIpc) is 2.97. The number of hydrogen-bond donors (Lipinski definition) is 0. The fourth-order valence-electron chi connectivity index (χ4n) is 4.10. The summed E-state index contributed by atoms with van der Waals surface area (Å²) in [7, 11) is -3.69. The first-order valence-electron chi connectivity index (χ1n) is 9.88. The van der Waals surface area contributed by atoms with E-state index in [0.29, 0.717) is 56.6 Å². The van der Waals surface area contributed by atoms with Gasteiger partial charge in [0.15, 0.2) is 23.0 Å². The van der Waals surface area contributed by atoms with Crippen molar-refractivity contribution in [1.82, 2.24) is 4.31 Å². The van der Waals surface area contributed by atoms with Crippen molar-refractivity contribution < 1.29 is 27.4 Å². The van der Waals surface area contributed by atoms with Crippen LogP contribution in [0.25, 0.3) is 0 Å². The first-order chi connectivity index (χ1) is 14.0. The van der Waals surface area contributed by atoms with E-state index in [0.717, 1.165) is 23.3 Å². The molecule has 0 saturated carbocycles. The molecule has 0 amide bonds. The Labute approximate surface area is 170 Å². The maximum atomic E-state index is 13.4. The highest BCUT2D eigenvalue weighted by molar-refractivity contribution is 7.89. The SMILES string of the molecule is C[C@H]1c2cc3c(cc2CCN1S(=O)(=O)c1ccc2c(c1)OCCO2)OCCCO3. The van der Waals surface area contributed by atoms with Crippen molar-refractivity contribution in [3.63, 3.8) is 0 Å². The zero-order chi connectivity index (χ0) is 20.0. The minimum Gasteiger partial charge on any atom is -0.490 e. The molecule has 29 heavy (non-hydrogen) atoms. The molecule has 0 saturated heterocycles. The molecule has 1 atom stereocenters. The molecular formula is C21H23NO6S. The highest BCUT2D eigenvalue weighted by Crippen LogP contribution is 2.41. The lowest BCUT2D eigenvalue weighted by Crippen LogP contribution is -2.38. The Kier molecular flexibility index (Phi) is 4.55. The number of nitrogens with zero attached hydrogens (tertiary/aromatic N) is 1. The monoisotopic (exact) mass is 417 g/mol. The summed E-state index contributed by atoms with van der Waals surface area (Å²) < 4.78 is 51.0. The van der Waals surface area contributed by atoms with Gasteiger partial charge in [0.1, 0.15) is 13.2 Å². The number of sulfonamides is 1. The molecular weight excluding hydrogens is 394 g/mol. The van der Waals surface area contributed by atoms with Gasteiger partial charge in [0.2, 0.25) is 10.0 Å². The fraction of sp³-hybridized carbons (Fsp3) is 0.429. The topological polar surface area (TPSA) is 74.3 Å². The molecule has 0 bridgehead atoms. The lowest BCUT2D eigenvalue weighted by Gasteiger charge is -2.35. The fourth-order valence-corrected chi connectivity index (χ4v) is 5.73. The van der Waals surface area contributed by atoms with E-state index in [-0.39, 0.29) is 10.9 Å². The molecule has 0 spiro atoms. The summed E-state index contributed by atoms with van der Waals surface area (Å²) in [4.78, 5) is 0.214. The predicted molar refractivity (Wildman–Crippen MR) is 105 cm³/mol. The van der Waals surface area contributed by atoms with Crippen molar-refractivity contribution in [3.05, 3.63) is 41.5 Å². The summed E-state index contributed by atoms with van der Waals surface area (Å²) in [5.41, 5.74) is 2.07. The van der Waals surface area contributed by atoms with Crippen LogP contribution in [0.4, 0.5) is 0 Å². The van der Waals surface area contributed by atoms with Crippen LogP contribution in [0.5, 0.6) is 23.0 Å². The molecule has 7 nitrogen and oxygen atoms in total. The second-order valence-electron chi connectivity index (χ2n) is 7.40. The van der Waals surface area contributed by atoms with E-state index in [9.17, 15) is 8.42 Å². The lowest BCUT2D eigenvalue weighted by atomic mass is 9.94. The number of rotatable bonds is 2. The van der Waals surface area contributed by atoms with Gasteiger partial charge < -0.3 is 18.9 Å². The number of fused-ring (bicyclic) bond motifs is 3. The van der Waals surface area contributed by atoms with Gasteiger partial charge in [-0.1, -0.05) is 0 Å². The first kappa shape index (κ1) is 18.6. The van der Waals surface area contributed by atoms with Gasteiger partial charge in [0.25, 0.3) is 0 Å². The van der Waals surface area contributed by atoms with Crippen LogP contribution in [0.1, 0.15) is 30.5 Å². The van der Waals surface area contributed by atoms with Gasteiger partial charge >= 0.3 is 0 Å². The van der Waals surface area contributed by atoms with Crippen molar-refractivity contribution in [3.8, 4) is 23.0 Å². The summed E-state index contributed by atoms with van der Waals surface area (Å²) in [6.07, 6.45) is 1.46. The molecule has 0 N–H and O–H groups in total. The van der Waals surface area contributed by atoms with E-state index < -0.39 is 10.0 Å². The summed E-state index contributed by atoms with van der Waals surface area (Å²) in [6.45, 7) is 4.43. The smallest absolute Gasteiger partial charge is 0.243 e. The van der Waals surface area contributed by atoms with E-state index in [1.165, 1.54) is 0 Å². The molecule has 0 radical (unpaired) electrons. The highest BCUT2D eigenvalue weighted by Gasteiger charge is 2.35. The summed E-state index contributed by atoms with van der Waals surface area (Å²) in [5.74, 6) is 2.48.